The summed E-state index contributed by atoms with van der Waals surface area (Å²) in [6.07, 6.45) is 5.06. The summed E-state index contributed by atoms with van der Waals surface area (Å²) in [7, 11) is 0. The molecule has 0 spiro atoms. The van der Waals surface area contributed by atoms with Crippen molar-refractivity contribution in [1.82, 2.24) is 0 Å². The summed E-state index contributed by atoms with van der Waals surface area (Å²) in [6, 6.07) is 13.8. The van der Waals surface area contributed by atoms with E-state index in [1.54, 1.807) is 6.08 Å². The van der Waals surface area contributed by atoms with Gasteiger partial charge in [-0.25, -0.2) is 4.39 Å². The van der Waals surface area contributed by atoms with Crippen molar-refractivity contribution in [3.05, 3.63) is 71.6 Å². The van der Waals surface area contributed by atoms with Gasteiger partial charge >= 0.3 is 0 Å². The minimum atomic E-state index is -0.420. The van der Waals surface area contributed by atoms with E-state index in [1.165, 1.54) is 24.4 Å². The molecule has 5 heteroatoms. The molecule has 0 aliphatic carbocycles. The molecule has 3 rings (SSSR count). The van der Waals surface area contributed by atoms with Gasteiger partial charge in [0.15, 0.2) is 5.71 Å². The number of halogens is 1. The smallest absolute Gasteiger partial charge is 0.276 e. The molecular weight excluding hydrogens is 281 g/mol. The lowest BCUT2D eigenvalue weighted by molar-refractivity contribution is -0.110. The predicted molar refractivity (Wildman–Crippen MR) is 85.5 cm³/mol. The fourth-order valence-corrected chi connectivity index (χ4v) is 2.07. The number of hydrogen-bond acceptors (Lipinski definition) is 3. The summed E-state index contributed by atoms with van der Waals surface area (Å²) in [5, 5.41) is 10.3. The van der Waals surface area contributed by atoms with Crippen LogP contribution in [0.5, 0.6) is 0 Å². The average Bonchev–Trinajstić information content (AvgIpc) is 2.83. The Bertz CT molecular complexity index is 795. The zero-order valence-corrected chi connectivity index (χ0v) is 11.5. The molecule has 0 aromatic heterocycles. The largest absolute Gasteiger partial charge is 0.320 e. The van der Waals surface area contributed by atoms with E-state index in [0.29, 0.717) is 11.3 Å². The number of carbonyl (C=O) groups excluding carboxylic acids is 1. The van der Waals surface area contributed by atoms with Crippen LogP contribution in [0.2, 0.25) is 0 Å². The van der Waals surface area contributed by atoms with Gasteiger partial charge in [0.2, 0.25) is 0 Å². The van der Waals surface area contributed by atoms with Crippen molar-refractivity contribution in [2.45, 2.75) is 0 Å². The molecule has 2 aromatic rings. The van der Waals surface area contributed by atoms with E-state index < -0.39 is 5.82 Å². The first-order valence-corrected chi connectivity index (χ1v) is 6.68. The molecule has 1 amide bonds. The number of benzene rings is 2. The molecule has 1 aliphatic heterocycles. The van der Waals surface area contributed by atoms with Crippen molar-refractivity contribution in [3.8, 4) is 0 Å². The monoisotopic (exact) mass is 293 g/mol. The third-order valence-electron chi connectivity index (χ3n) is 3.10. The molecule has 0 radical (unpaired) electrons. The van der Waals surface area contributed by atoms with Crippen molar-refractivity contribution in [1.29, 1.82) is 0 Å². The number of nitrogens with zero attached hydrogens (tertiary/aromatic N) is 2. The number of fused-ring (bicyclic) bond motifs is 1. The van der Waals surface area contributed by atoms with Gasteiger partial charge in [0.1, 0.15) is 5.82 Å². The molecule has 1 heterocycles. The first-order valence-electron chi connectivity index (χ1n) is 6.68. The van der Waals surface area contributed by atoms with E-state index in [9.17, 15) is 9.18 Å². The van der Waals surface area contributed by atoms with Crippen LogP contribution in [0.15, 0.2) is 64.8 Å². The van der Waals surface area contributed by atoms with E-state index >= 15 is 0 Å². The molecule has 0 saturated carbocycles. The molecule has 0 fully saturated rings. The third-order valence-corrected chi connectivity index (χ3v) is 3.10. The summed E-state index contributed by atoms with van der Waals surface area (Å²) < 4.78 is 13.2. The van der Waals surface area contributed by atoms with E-state index in [1.807, 2.05) is 36.4 Å². The van der Waals surface area contributed by atoms with E-state index in [-0.39, 0.29) is 11.6 Å². The van der Waals surface area contributed by atoms with Crippen LogP contribution in [0.25, 0.3) is 6.08 Å². The molecule has 1 N–H and O–H groups in total. The zero-order chi connectivity index (χ0) is 15.4. The van der Waals surface area contributed by atoms with Crippen LogP contribution in [-0.2, 0) is 4.79 Å². The first-order chi connectivity index (χ1) is 10.7. The molecule has 0 unspecified atom stereocenters. The number of amides is 1. The maximum Gasteiger partial charge on any atom is 0.276 e. The quantitative estimate of drug-likeness (QED) is 0.685. The number of hydrogen-bond donors (Lipinski definition) is 1. The summed E-state index contributed by atoms with van der Waals surface area (Å²) in [6.45, 7) is 0. The van der Waals surface area contributed by atoms with E-state index in [4.69, 9.17) is 0 Å². The second kappa shape index (κ2) is 6.13. The lowest BCUT2D eigenvalue weighted by Crippen LogP contribution is -2.13. The zero-order valence-electron chi connectivity index (χ0n) is 11.5. The van der Waals surface area contributed by atoms with E-state index in [2.05, 4.69) is 15.5 Å². The van der Waals surface area contributed by atoms with Crippen LogP contribution in [0.4, 0.5) is 10.1 Å². The van der Waals surface area contributed by atoms with Gasteiger partial charge in [-0.3, -0.25) is 4.79 Å². The van der Waals surface area contributed by atoms with Crippen LogP contribution < -0.4 is 5.32 Å². The van der Waals surface area contributed by atoms with Gasteiger partial charge in [0.25, 0.3) is 5.91 Å². The fourth-order valence-electron chi connectivity index (χ4n) is 2.07. The summed E-state index contributed by atoms with van der Waals surface area (Å²) in [5.41, 5.74) is 2.11. The maximum atomic E-state index is 13.2. The van der Waals surface area contributed by atoms with Crippen LogP contribution >= 0.6 is 0 Å². The minimum Gasteiger partial charge on any atom is -0.320 e. The van der Waals surface area contributed by atoms with Crippen molar-refractivity contribution in [2.24, 2.45) is 10.2 Å². The molecule has 108 valence electrons. The van der Waals surface area contributed by atoms with Crippen molar-refractivity contribution >= 4 is 29.6 Å². The molecule has 2 aromatic carbocycles. The lowest BCUT2D eigenvalue weighted by Gasteiger charge is -1.95. The van der Waals surface area contributed by atoms with Crippen molar-refractivity contribution in [3.63, 3.8) is 0 Å². The van der Waals surface area contributed by atoms with Crippen LogP contribution in [-0.4, -0.2) is 17.8 Å². The molecular formula is C17H12FN3O. The molecule has 1 aliphatic rings. The number of allylic oxidation sites excluding steroid dienone is 1. The van der Waals surface area contributed by atoms with Crippen molar-refractivity contribution in [2.75, 3.05) is 5.32 Å². The van der Waals surface area contributed by atoms with Gasteiger partial charge in [-0.2, -0.15) is 5.10 Å². The SMILES string of the molecule is O=C1Nc2ccc(F)cc2/C1=N/N=C/C=C/c1ccccc1. The predicted octanol–water partition coefficient (Wildman–Crippen LogP) is 3.27. The Balaban J connectivity index is 1.76. The highest BCUT2D eigenvalue weighted by molar-refractivity contribution is 6.53. The van der Waals surface area contributed by atoms with Crippen molar-refractivity contribution < 1.29 is 9.18 Å². The van der Waals surface area contributed by atoms with Gasteiger partial charge in [0.05, 0.1) is 5.69 Å². The molecule has 0 atom stereocenters. The number of nitrogens with one attached hydrogen (secondary N) is 1. The first kappa shape index (κ1) is 13.9. The maximum absolute atomic E-state index is 13.2. The number of anilines is 1. The van der Waals surface area contributed by atoms with Crippen LogP contribution in [0, 0.1) is 5.82 Å². The highest BCUT2D eigenvalue weighted by Gasteiger charge is 2.26. The molecule has 22 heavy (non-hydrogen) atoms. The second-order valence-corrected chi connectivity index (χ2v) is 4.63. The Labute approximate surface area is 126 Å². The number of rotatable bonds is 3. The molecule has 0 saturated heterocycles. The van der Waals surface area contributed by atoms with E-state index in [0.717, 1.165) is 5.56 Å². The Kier molecular flexibility index (Phi) is 3.87. The topological polar surface area (TPSA) is 53.8 Å². The van der Waals surface area contributed by atoms with Gasteiger partial charge in [0, 0.05) is 11.8 Å². The van der Waals surface area contributed by atoms with Gasteiger partial charge in [-0.05, 0) is 29.8 Å². The Hall–Kier alpha value is -3.08. The summed E-state index contributed by atoms with van der Waals surface area (Å²) in [4.78, 5) is 11.8. The molecule has 4 nitrogen and oxygen atoms in total. The Morgan fingerprint density at radius 3 is 2.73 bits per heavy atom. The standard InChI is InChI=1S/C17H12FN3O/c18-13-8-9-15-14(11-13)16(17(22)20-15)21-19-10-4-7-12-5-2-1-3-6-12/h1-11H,(H,20,21,22)/b7-4+,19-10+. The minimum absolute atomic E-state index is 0.110. The van der Waals surface area contributed by atoms with Gasteiger partial charge in [-0.15, -0.1) is 5.10 Å². The van der Waals surface area contributed by atoms with Crippen LogP contribution in [0.3, 0.4) is 0 Å². The third kappa shape index (κ3) is 2.98. The summed E-state index contributed by atoms with van der Waals surface area (Å²) in [5.74, 6) is -0.805. The second-order valence-electron chi connectivity index (χ2n) is 4.63. The average molecular weight is 293 g/mol. The van der Waals surface area contributed by atoms with Crippen LogP contribution in [0.1, 0.15) is 11.1 Å². The number of carbonyl (C=O) groups is 1. The van der Waals surface area contributed by atoms with Gasteiger partial charge < -0.3 is 5.32 Å². The Morgan fingerprint density at radius 2 is 1.91 bits per heavy atom. The highest BCUT2D eigenvalue weighted by atomic mass is 19.1. The normalized spacial score (nSPS) is 15.7. The molecule has 0 bridgehead atoms. The summed E-state index contributed by atoms with van der Waals surface area (Å²) >= 11 is 0. The lowest BCUT2D eigenvalue weighted by atomic mass is 10.1. The fraction of sp³-hybridized carbons (Fsp3) is 0. The van der Waals surface area contributed by atoms with Gasteiger partial charge in [-0.1, -0.05) is 36.4 Å². The highest BCUT2D eigenvalue weighted by Crippen LogP contribution is 2.24. The Morgan fingerprint density at radius 1 is 1.09 bits per heavy atom.